The highest BCUT2D eigenvalue weighted by molar-refractivity contribution is 6.65. The number of Topliss-reactive ketones (excluding diaryl/α,β-unsaturated/α-hetero) is 1. The van der Waals surface area contributed by atoms with Crippen LogP contribution in [0.2, 0.25) is 0 Å². The topological polar surface area (TPSA) is 47.0 Å². The van der Waals surface area contributed by atoms with Crippen LogP contribution >= 0.6 is 11.6 Å². The molecule has 1 atom stereocenters. The van der Waals surface area contributed by atoms with Crippen LogP contribution < -0.4 is 0 Å². The predicted octanol–water partition coefficient (Wildman–Crippen LogP) is 1.59. The summed E-state index contributed by atoms with van der Waals surface area (Å²) in [6.45, 7) is 0. The summed E-state index contributed by atoms with van der Waals surface area (Å²) in [4.78, 5) is 26.6. The van der Waals surface area contributed by atoms with Gasteiger partial charge in [0.15, 0.2) is 5.78 Å². The lowest BCUT2D eigenvalue weighted by atomic mass is 9.86. The normalized spacial score (nSPS) is 20.4. The number of halogens is 1. The molecule has 0 saturated carbocycles. The second-order valence-corrected chi connectivity index (χ2v) is 3.64. The molecule has 0 fully saturated rings. The fourth-order valence-corrected chi connectivity index (χ4v) is 1.88. The van der Waals surface area contributed by atoms with Crippen molar-refractivity contribution < 1.29 is 9.59 Å². The smallest absolute Gasteiger partial charge is 0.232 e. The molecular formula is C10H8ClNO2. The predicted molar refractivity (Wildman–Crippen MR) is 51.2 cm³/mol. The van der Waals surface area contributed by atoms with Crippen LogP contribution in [0.3, 0.4) is 0 Å². The van der Waals surface area contributed by atoms with Crippen molar-refractivity contribution in [2.45, 2.75) is 12.8 Å². The van der Waals surface area contributed by atoms with Crippen LogP contribution in [0.5, 0.6) is 0 Å². The Hall–Kier alpha value is -1.22. The Kier molecular flexibility index (Phi) is 2.33. The zero-order valence-electron chi connectivity index (χ0n) is 7.37. The summed E-state index contributed by atoms with van der Waals surface area (Å²) in [5, 5.41) is -0.577. The van der Waals surface area contributed by atoms with Gasteiger partial charge >= 0.3 is 0 Å². The molecule has 0 bridgehead atoms. The number of ketones is 1. The molecule has 0 amide bonds. The average molecular weight is 210 g/mol. The van der Waals surface area contributed by atoms with Gasteiger partial charge in [0.1, 0.15) is 5.69 Å². The minimum atomic E-state index is -0.695. The molecule has 1 heterocycles. The Morgan fingerprint density at radius 1 is 1.57 bits per heavy atom. The molecule has 3 nitrogen and oxygen atoms in total. The van der Waals surface area contributed by atoms with Crippen LogP contribution in [0, 0.1) is 5.92 Å². The second kappa shape index (κ2) is 3.50. The molecule has 2 rings (SSSR count). The van der Waals surface area contributed by atoms with Crippen LogP contribution in [0.4, 0.5) is 0 Å². The number of aryl methyl sites for hydroxylation is 1. The molecular weight excluding hydrogens is 202 g/mol. The van der Waals surface area contributed by atoms with Crippen molar-refractivity contribution in [2.24, 2.45) is 5.92 Å². The fraction of sp³-hybridized carbons (Fsp3) is 0.300. The maximum Gasteiger partial charge on any atom is 0.232 e. The van der Waals surface area contributed by atoms with Crippen molar-refractivity contribution in [2.75, 3.05) is 0 Å². The van der Waals surface area contributed by atoms with Gasteiger partial charge in [-0.05, 0) is 36.1 Å². The number of carbonyl (C=O) groups excluding carboxylic acids is 2. The van der Waals surface area contributed by atoms with E-state index in [-0.39, 0.29) is 5.78 Å². The third-order valence-corrected chi connectivity index (χ3v) is 2.68. The summed E-state index contributed by atoms with van der Waals surface area (Å²) in [6.07, 6.45) is 2.75. The number of hydrogen-bond acceptors (Lipinski definition) is 3. The monoisotopic (exact) mass is 209 g/mol. The van der Waals surface area contributed by atoms with Gasteiger partial charge in [-0.3, -0.25) is 14.6 Å². The van der Waals surface area contributed by atoms with Gasteiger partial charge in [0.25, 0.3) is 0 Å². The fourth-order valence-electron chi connectivity index (χ4n) is 1.67. The zero-order valence-corrected chi connectivity index (χ0v) is 8.12. The lowest BCUT2D eigenvalue weighted by molar-refractivity contribution is -0.114. The Balaban J connectivity index is 2.41. The van der Waals surface area contributed by atoms with Gasteiger partial charge in [0, 0.05) is 6.20 Å². The quantitative estimate of drug-likeness (QED) is 0.521. The van der Waals surface area contributed by atoms with E-state index in [1.807, 2.05) is 6.07 Å². The highest BCUT2D eigenvalue weighted by atomic mass is 35.5. The number of carbonyl (C=O) groups is 2. The van der Waals surface area contributed by atoms with Gasteiger partial charge in [0.05, 0.1) is 5.92 Å². The summed E-state index contributed by atoms with van der Waals surface area (Å²) in [7, 11) is 0. The van der Waals surface area contributed by atoms with E-state index in [0.717, 1.165) is 5.56 Å². The van der Waals surface area contributed by atoms with E-state index < -0.39 is 11.2 Å². The summed E-state index contributed by atoms with van der Waals surface area (Å²) in [5.74, 6) is -0.939. The first-order valence-electron chi connectivity index (χ1n) is 4.37. The van der Waals surface area contributed by atoms with Gasteiger partial charge in [-0.15, -0.1) is 0 Å². The lowest BCUT2D eigenvalue weighted by Crippen LogP contribution is -2.27. The summed E-state index contributed by atoms with van der Waals surface area (Å²) >= 11 is 5.33. The van der Waals surface area contributed by atoms with Gasteiger partial charge < -0.3 is 0 Å². The third kappa shape index (κ3) is 1.44. The van der Waals surface area contributed by atoms with Gasteiger partial charge in [0.2, 0.25) is 5.24 Å². The maximum absolute atomic E-state index is 11.7. The first-order chi connectivity index (χ1) is 6.70. The van der Waals surface area contributed by atoms with E-state index in [4.69, 9.17) is 11.6 Å². The number of rotatable bonds is 1. The third-order valence-electron chi connectivity index (χ3n) is 2.42. The Bertz CT molecular complexity index is 403. The van der Waals surface area contributed by atoms with Gasteiger partial charge in [-0.2, -0.15) is 0 Å². The van der Waals surface area contributed by atoms with Crippen molar-refractivity contribution in [3.8, 4) is 0 Å². The number of fused-ring (bicyclic) bond motifs is 1. The Morgan fingerprint density at radius 2 is 2.36 bits per heavy atom. The van der Waals surface area contributed by atoms with Crippen LogP contribution in [0.25, 0.3) is 0 Å². The number of pyridine rings is 1. The van der Waals surface area contributed by atoms with E-state index in [1.54, 1.807) is 12.3 Å². The van der Waals surface area contributed by atoms with Crippen LogP contribution in [-0.4, -0.2) is 16.0 Å². The average Bonchev–Trinajstić information content (AvgIpc) is 2.18. The van der Waals surface area contributed by atoms with Crippen molar-refractivity contribution >= 4 is 22.6 Å². The minimum absolute atomic E-state index is 0.244. The molecule has 1 aliphatic carbocycles. The Morgan fingerprint density at radius 3 is 3.07 bits per heavy atom. The molecule has 1 aliphatic rings. The highest BCUT2D eigenvalue weighted by Gasteiger charge is 2.32. The van der Waals surface area contributed by atoms with Crippen LogP contribution in [-0.2, 0) is 11.2 Å². The minimum Gasteiger partial charge on any atom is -0.292 e. The van der Waals surface area contributed by atoms with E-state index in [2.05, 4.69) is 4.98 Å². The zero-order chi connectivity index (χ0) is 10.1. The summed E-state index contributed by atoms with van der Waals surface area (Å²) in [5.41, 5.74) is 1.31. The lowest BCUT2D eigenvalue weighted by Gasteiger charge is -2.18. The van der Waals surface area contributed by atoms with E-state index in [9.17, 15) is 9.59 Å². The van der Waals surface area contributed by atoms with Crippen molar-refractivity contribution in [3.05, 3.63) is 29.6 Å². The molecule has 0 saturated heterocycles. The molecule has 4 heteroatoms. The maximum atomic E-state index is 11.7. The second-order valence-electron chi connectivity index (χ2n) is 3.27. The molecule has 14 heavy (non-hydrogen) atoms. The Labute approximate surface area is 86.1 Å². The van der Waals surface area contributed by atoms with Crippen LogP contribution in [0.1, 0.15) is 22.5 Å². The SMILES string of the molecule is O=C(Cl)C1CCc2cccnc2C1=O. The molecule has 1 aromatic heterocycles. The van der Waals surface area contributed by atoms with Crippen molar-refractivity contribution in [3.63, 3.8) is 0 Å². The highest BCUT2D eigenvalue weighted by Crippen LogP contribution is 2.25. The van der Waals surface area contributed by atoms with Gasteiger partial charge in [-0.25, -0.2) is 0 Å². The van der Waals surface area contributed by atoms with Gasteiger partial charge in [-0.1, -0.05) is 6.07 Å². The molecule has 72 valence electrons. The standard InChI is InChI=1S/C10H8ClNO2/c11-10(14)7-4-3-6-2-1-5-12-8(6)9(7)13/h1-2,5,7H,3-4H2. The first kappa shape index (κ1) is 9.34. The number of aromatic nitrogens is 1. The van der Waals surface area contributed by atoms with E-state index >= 15 is 0 Å². The molecule has 0 spiro atoms. The van der Waals surface area contributed by atoms with E-state index in [1.165, 1.54) is 0 Å². The molecule has 0 aromatic carbocycles. The summed E-state index contributed by atoms with van der Waals surface area (Å²) in [6, 6.07) is 3.64. The first-order valence-corrected chi connectivity index (χ1v) is 4.75. The van der Waals surface area contributed by atoms with E-state index in [0.29, 0.717) is 18.5 Å². The molecule has 0 N–H and O–H groups in total. The van der Waals surface area contributed by atoms with Crippen molar-refractivity contribution in [1.82, 2.24) is 4.98 Å². The summed E-state index contributed by atoms with van der Waals surface area (Å²) < 4.78 is 0. The number of hydrogen-bond donors (Lipinski definition) is 0. The molecule has 0 aliphatic heterocycles. The van der Waals surface area contributed by atoms with Crippen molar-refractivity contribution in [1.29, 1.82) is 0 Å². The molecule has 1 unspecified atom stereocenters. The molecule has 0 radical (unpaired) electrons. The number of nitrogens with zero attached hydrogens (tertiary/aromatic N) is 1. The molecule has 1 aromatic rings. The largest absolute Gasteiger partial charge is 0.292 e. The van der Waals surface area contributed by atoms with Crippen LogP contribution in [0.15, 0.2) is 18.3 Å².